The van der Waals surface area contributed by atoms with Gasteiger partial charge in [0.25, 0.3) is 0 Å². The summed E-state index contributed by atoms with van der Waals surface area (Å²) < 4.78 is 0. The van der Waals surface area contributed by atoms with Crippen molar-refractivity contribution in [2.24, 2.45) is 5.41 Å². The minimum Gasteiger partial charge on any atom is -0.302 e. The molecular formula is C18H29N3O3. The maximum Gasteiger partial charge on any atom is 0.333 e. The topological polar surface area (TPSA) is 60.9 Å². The quantitative estimate of drug-likeness (QED) is 0.742. The van der Waals surface area contributed by atoms with Crippen molar-refractivity contribution in [2.75, 3.05) is 26.7 Å². The van der Waals surface area contributed by atoms with Crippen LogP contribution in [0, 0.1) is 5.41 Å². The minimum atomic E-state index is -1.14. The Kier molecular flexibility index (Phi) is 4.95. The van der Waals surface area contributed by atoms with Gasteiger partial charge in [0.2, 0.25) is 11.8 Å². The molecule has 1 saturated carbocycles. The summed E-state index contributed by atoms with van der Waals surface area (Å²) in [6.07, 6.45) is 8.40. The van der Waals surface area contributed by atoms with Gasteiger partial charge < -0.3 is 4.90 Å². The van der Waals surface area contributed by atoms with Crippen LogP contribution in [0.5, 0.6) is 0 Å². The van der Waals surface area contributed by atoms with E-state index in [1.54, 1.807) is 6.92 Å². The molecular weight excluding hydrogens is 306 g/mol. The molecule has 0 bridgehead atoms. The van der Waals surface area contributed by atoms with E-state index in [4.69, 9.17) is 0 Å². The van der Waals surface area contributed by atoms with Crippen LogP contribution in [0.25, 0.3) is 0 Å². The summed E-state index contributed by atoms with van der Waals surface area (Å²) in [5.41, 5.74) is -1.14. The number of amides is 4. The maximum atomic E-state index is 13.2. The first-order chi connectivity index (χ1) is 11.4. The van der Waals surface area contributed by atoms with Gasteiger partial charge in [-0.2, -0.15) is 0 Å². The first kappa shape index (κ1) is 17.4. The van der Waals surface area contributed by atoms with Crippen molar-refractivity contribution in [3.05, 3.63) is 0 Å². The Morgan fingerprint density at radius 2 is 1.50 bits per heavy atom. The first-order valence-corrected chi connectivity index (χ1v) is 9.33. The van der Waals surface area contributed by atoms with E-state index in [1.807, 2.05) is 0 Å². The molecule has 3 aliphatic rings. The Balaban J connectivity index is 1.84. The summed E-state index contributed by atoms with van der Waals surface area (Å²) in [4.78, 5) is 43.4. The number of carbonyl (C=O) groups excluding carboxylic acids is 3. The first-order valence-electron chi connectivity index (χ1n) is 9.33. The Morgan fingerprint density at radius 1 is 0.917 bits per heavy atom. The standard InChI is InChI=1S/C18H29N3O3/c1-18(13-20-11-7-4-8-12-20)15(22)19(2)17(24)21(16(18)23)14-9-5-3-6-10-14/h14H,3-13H2,1-2H3. The number of carbonyl (C=O) groups is 3. The Morgan fingerprint density at radius 3 is 2.12 bits per heavy atom. The van der Waals surface area contributed by atoms with Crippen molar-refractivity contribution in [3.8, 4) is 0 Å². The smallest absolute Gasteiger partial charge is 0.302 e. The number of likely N-dealkylation sites (tertiary alicyclic amines) is 1. The van der Waals surface area contributed by atoms with Crippen LogP contribution in [0.4, 0.5) is 4.79 Å². The molecule has 1 atom stereocenters. The molecule has 2 aliphatic heterocycles. The highest BCUT2D eigenvalue weighted by atomic mass is 16.2. The van der Waals surface area contributed by atoms with Crippen LogP contribution in [0.15, 0.2) is 0 Å². The number of barbiturate groups is 1. The lowest BCUT2D eigenvalue weighted by Gasteiger charge is -2.46. The van der Waals surface area contributed by atoms with Crippen LogP contribution in [0.3, 0.4) is 0 Å². The molecule has 0 aromatic heterocycles. The number of piperidine rings is 1. The lowest BCUT2D eigenvalue weighted by atomic mass is 9.82. The van der Waals surface area contributed by atoms with E-state index >= 15 is 0 Å². The summed E-state index contributed by atoms with van der Waals surface area (Å²) >= 11 is 0. The van der Waals surface area contributed by atoms with E-state index in [0.29, 0.717) is 6.54 Å². The van der Waals surface area contributed by atoms with Crippen LogP contribution in [0.1, 0.15) is 58.3 Å². The molecule has 0 radical (unpaired) electrons. The average Bonchev–Trinajstić information content (AvgIpc) is 2.61. The third kappa shape index (κ3) is 2.96. The zero-order chi connectivity index (χ0) is 17.3. The van der Waals surface area contributed by atoms with E-state index in [2.05, 4.69) is 4.90 Å². The number of hydrogen-bond acceptors (Lipinski definition) is 4. The number of nitrogens with zero attached hydrogens (tertiary/aromatic N) is 3. The molecule has 0 aromatic carbocycles. The molecule has 2 heterocycles. The van der Waals surface area contributed by atoms with Crippen LogP contribution < -0.4 is 0 Å². The third-order valence-corrected chi connectivity index (χ3v) is 5.89. The van der Waals surface area contributed by atoms with Crippen molar-refractivity contribution >= 4 is 17.8 Å². The molecule has 134 valence electrons. The van der Waals surface area contributed by atoms with Crippen molar-refractivity contribution < 1.29 is 14.4 Å². The summed E-state index contributed by atoms with van der Waals surface area (Å²) in [6, 6.07) is -0.483. The van der Waals surface area contributed by atoms with Gasteiger partial charge in [-0.25, -0.2) is 4.79 Å². The van der Waals surface area contributed by atoms with Gasteiger partial charge in [-0.05, 0) is 45.7 Å². The molecule has 6 nitrogen and oxygen atoms in total. The van der Waals surface area contributed by atoms with Gasteiger partial charge in [0.15, 0.2) is 0 Å². The molecule has 1 aliphatic carbocycles. The van der Waals surface area contributed by atoms with Gasteiger partial charge >= 0.3 is 6.03 Å². The lowest BCUT2D eigenvalue weighted by molar-refractivity contribution is -0.160. The number of urea groups is 1. The van der Waals surface area contributed by atoms with Gasteiger partial charge in [0.05, 0.1) is 0 Å². The Hall–Kier alpha value is -1.43. The number of rotatable bonds is 3. The molecule has 0 N–H and O–H groups in total. The van der Waals surface area contributed by atoms with Crippen molar-refractivity contribution in [3.63, 3.8) is 0 Å². The lowest BCUT2D eigenvalue weighted by Crippen LogP contribution is -2.68. The van der Waals surface area contributed by atoms with Gasteiger partial charge in [0, 0.05) is 19.6 Å². The average molecular weight is 335 g/mol. The molecule has 6 heteroatoms. The monoisotopic (exact) mass is 335 g/mol. The zero-order valence-corrected chi connectivity index (χ0v) is 14.9. The van der Waals surface area contributed by atoms with E-state index in [1.165, 1.54) is 23.3 Å². The molecule has 3 fully saturated rings. The molecule has 2 saturated heterocycles. The SMILES string of the molecule is CN1C(=O)N(C2CCCCC2)C(=O)C(C)(CN2CCCCC2)C1=O. The molecule has 1 unspecified atom stereocenters. The van der Waals surface area contributed by atoms with Crippen molar-refractivity contribution in [1.29, 1.82) is 0 Å². The molecule has 3 rings (SSSR count). The molecule has 0 aromatic rings. The summed E-state index contributed by atoms with van der Waals surface area (Å²) in [7, 11) is 1.52. The van der Waals surface area contributed by atoms with Gasteiger partial charge in [-0.3, -0.25) is 19.4 Å². The zero-order valence-electron chi connectivity index (χ0n) is 14.9. The highest BCUT2D eigenvalue weighted by Gasteiger charge is 2.55. The predicted molar refractivity (Wildman–Crippen MR) is 90.3 cm³/mol. The normalized spacial score (nSPS) is 31.0. The number of imide groups is 2. The van der Waals surface area contributed by atoms with E-state index in [0.717, 1.165) is 58.0 Å². The van der Waals surface area contributed by atoms with Crippen molar-refractivity contribution in [2.45, 2.75) is 64.3 Å². The fraction of sp³-hybridized carbons (Fsp3) is 0.833. The third-order valence-electron chi connectivity index (χ3n) is 5.89. The van der Waals surface area contributed by atoms with Crippen LogP contribution in [-0.2, 0) is 9.59 Å². The second kappa shape index (κ2) is 6.82. The number of hydrogen-bond donors (Lipinski definition) is 0. The summed E-state index contributed by atoms with van der Waals surface area (Å²) in [5, 5.41) is 0. The molecule has 24 heavy (non-hydrogen) atoms. The van der Waals surface area contributed by atoms with Gasteiger partial charge in [0.1, 0.15) is 5.41 Å². The van der Waals surface area contributed by atoms with E-state index < -0.39 is 11.4 Å². The fourth-order valence-electron chi connectivity index (χ4n) is 4.42. The van der Waals surface area contributed by atoms with Crippen LogP contribution >= 0.6 is 0 Å². The van der Waals surface area contributed by atoms with Crippen LogP contribution in [-0.4, -0.2) is 65.3 Å². The highest BCUT2D eigenvalue weighted by molar-refractivity contribution is 6.19. The van der Waals surface area contributed by atoms with Crippen molar-refractivity contribution in [1.82, 2.24) is 14.7 Å². The Labute approximate surface area is 144 Å². The second-order valence-electron chi connectivity index (χ2n) is 7.78. The summed E-state index contributed by atoms with van der Waals surface area (Å²) in [6.45, 7) is 4.00. The maximum absolute atomic E-state index is 13.2. The minimum absolute atomic E-state index is 0.0463. The van der Waals surface area contributed by atoms with Gasteiger partial charge in [-0.1, -0.05) is 25.7 Å². The molecule has 4 amide bonds. The largest absolute Gasteiger partial charge is 0.333 e. The van der Waals surface area contributed by atoms with E-state index in [9.17, 15) is 14.4 Å². The highest BCUT2D eigenvalue weighted by Crippen LogP contribution is 2.34. The van der Waals surface area contributed by atoms with E-state index in [-0.39, 0.29) is 17.9 Å². The summed E-state index contributed by atoms with van der Waals surface area (Å²) in [5.74, 6) is -0.636. The predicted octanol–water partition coefficient (Wildman–Crippen LogP) is 2.23. The van der Waals surface area contributed by atoms with Gasteiger partial charge in [-0.15, -0.1) is 0 Å². The molecule has 0 spiro atoms. The second-order valence-corrected chi connectivity index (χ2v) is 7.78. The fourth-order valence-corrected chi connectivity index (χ4v) is 4.42. The van der Waals surface area contributed by atoms with Crippen LogP contribution in [0.2, 0.25) is 0 Å². The Bertz CT molecular complexity index is 524.